The van der Waals surface area contributed by atoms with Gasteiger partial charge in [0.25, 0.3) is 0 Å². The summed E-state index contributed by atoms with van der Waals surface area (Å²) in [6, 6.07) is 0. The van der Waals surface area contributed by atoms with Crippen molar-refractivity contribution in [3.63, 3.8) is 0 Å². The number of hydrogen-bond acceptors (Lipinski definition) is 4. The Bertz CT molecular complexity index is 579. The Hall–Kier alpha value is -1.06. The number of carbonyl (C=O) groups excluding carboxylic acids is 2. The summed E-state index contributed by atoms with van der Waals surface area (Å²) >= 11 is 0. The first kappa shape index (κ1) is 44.9. The molecule has 0 fully saturated rings. The van der Waals surface area contributed by atoms with Crippen molar-refractivity contribution >= 4 is 11.9 Å². The Labute approximate surface area is 288 Å². The molecule has 0 aromatic carbocycles. The highest BCUT2D eigenvalue weighted by molar-refractivity contribution is 5.70. The van der Waals surface area contributed by atoms with E-state index in [4.69, 9.17) is 9.47 Å². The van der Waals surface area contributed by atoms with Crippen LogP contribution in [0.5, 0.6) is 0 Å². The molecule has 2 unspecified atom stereocenters. The van der Waals surface area contributed by atoms with E-state index in [0.29, 0.717) is 25.7 Å². The average molecular weight is 651 g/mol. The van der Waals surface area contributed by atoms with Gasteiger partial charge in [0.05, 0.1) is 0 Å². The number of carbonyl (C=O) groups is 2. The summed E-state index contributed by atoms with van der Waals surface area (Å²) in [5, 5.41) is 0. The van der Waals surface area contributed by atoms with Crippen molar-refractivity contribution in [2.24, 2.45) is 0 Å². The summed E-state index contributed by atoms with van der Waals surface area (Å²) in [5.41, 5.74) is 0. The van der Waals surface area contributed by atoms with Gasteiger partial charge in [-0.1, -0.05) is 207 Å². The van der Waals surface area contributed by atoms with Gasteiger partial charge in [0, 0.05) is 12.8 Å². The molecule has 2 atom stereocenters. The number of unbranched alkanes of at least 4 members (excludes halogenated alkanes) is 28. The van der Waals surface area contributed by atoms with Crippen LogP contribution in [0.25, 0.3) is 0 Å². The molecule has 0 N–H and O–H groups in total. The third-order valence-corrected chi connectivity index (χ3v) is 9.75. The van der Waals surface area contributed by atoms with Crippen molar-refractivity contribution in [1.29, 1.82) is 0 Å². The fraction of sp³-hybridized carbons (Fsp3) is 0.952. The number of hydrogen-bond donors (Lipinski definition) is 0. The van der Waals surface area contributed by atoms with Gasteiger partial charge < -0.3 is 9.47 Å². The minimum Gasteiger partial charge on any atom is -0.458 e. The van der Waals surface area contributed by atoms with E-state index in [1.165, 1.54) is 167 Å². The lowest BCUT2D eigenvalue weighted by atomic mass is 10.0. The van der Waals surface area contributed by atoms with Crippen LogP contribution in [-0.2, 0) is 19.1 Å². The van der Waals surface area contributed by atoms with Crippen molar-refractivity contribution in [3.8, 4) is 0 Å². The van der Waals surface area contributed by atoms with Crippen molar-refractivity contribution in [1.82, 2.24) is 0 Å². The minimum absolute atomic E-state index is 0.140. The lowest BCUT2D eigenvalue weighted by Crippen LogP contribution is -2.34. The van der Waals surface area contributed by atoms with Gasteiger partial charge in [-0.15, -0.1) is 0 Å². The summed E-state index contributed by atoms with van der Waals surface area (Å²) in [5.74, 6) is -0.281. The number of esters is 2. The van der Waals surface area contributed by atoms with Gasteiger partial charge >= 0.3 is 11.9 Å². The van der Waals surface area contributed by atoms with Crippen LogP contribution < -0.4 is 0 Å². The van der Waals surface area contributed by atoms with E-state index in [1.807, 2.05) is 13.8 Å². The van der Waals surface area contributed by atoms with Gasteiger partial charge in [-0.3, -0.25) is 9.59 Å². The summed E-state index contributed by atoms with van der Waals surface area (Å²) in [6.45, 7) is 8.58. The van der Waals surface area contributed by atoms with Gasteiger partial charge in [-0.25, -0.2) is 0 Å². The minimum atomic E-state index is -0.334. The highest BCUT2D eigenvalue weighted by atomic mass is 16.6. The predicted octanol–water partition coefficient (Wildman–Crippen LogP) is 14.2. The zero-order valence-electron chi connectivity index (χ0n) is 31.8. The van der Waals surface area contributed by atoms with Crippen LogP contribution in [0.15, 0.2) is 0 Å². The standard InChI is InChI=1S/C42H82O4/c1-5-9-11-13-15-17-19-21-23-25-27-29-31-33-35-37-41(43)45-39(7-3)40(8-4)46-42(44)38-36-34-32-30-28-26-24-22-20-18-16-14-12-10-6-2/h39-40H,5-38H2,1-4H3. The zero-order chi connectivity index (χ0) is 33.8. The quantitative estimate of drug-likeness (QED) is 0.0496. The Morgan fingerprint density at radius 3 is 0.717 bits per heavy atom. The largest absolute Gasteiger partial charge is 0.458 e. The van der Waals surface area contributed by atoms with E-state index in [2.05, 4.69) is 13.8 Å². The molecule has 0 amide bonds. The van der Waals surface area contributed by atoms with E-state index in [-0.39, 0.29) is 24.1 Å². The van der Waals surface area contributed by atoms with Crippen molar-refractivity contribution in [2.75, 3.05) is 0 Å². The van der Waals surface area contributed by atoms with Crippen molar-refractivity contribution in [3.05, 3.63) is 0 Å². The lowest BCUT2D eigenvalue weighted by Gasteiger charge is -2.25. The second kappa shape index (κ2) is 36.8. The van der Waals surface area contributed by atoms with E-state index >= 15 is 0 Å². The first-order valence-electron chi connectivity index (χ1n) is 21.0. The number of ether oxygens (including phenoxy) is 2. The molecule has 0 aliphatic rings. The molecule has 0 aliphatic heterocycles. The normalized spacial score (nSPS) is 12.7. The maximum absolute atomic E-state index is 12.5. The zero-order valence-corrected chi connectivity index (χ0v) is 31.8. The Balaban J connectivity index is 3.74. The lowest BCUT2D eigenvalue weighted by molar-refractivity contribution is -0.168. The third kappa shape index (κ3) is 31.5. The molecule has 0 bridgehead atoms. The van der Waals surface area contributed by atoms with Crippen molar-refractivity contribution in [2.45, 2.75) is 258 Å². The summed E-state index contributed by atoms with van der Waals surface area (Å²) in [7, 11) is 0. The Kier molecular flexibility index (Phi) is 35.9. The Morgan fingerprint density at radius 1 is 0.326 bits per heavy atom. The average Bonchev–Trinajstić information content (AvgIpc) is 3.06. The van der Waals surface area contributed by atoms with Crippen LogP contribution >= 0.6 is 0 Å². The number of rotatable bonds is 37. The van der Waals surface area contributed by atoms with Crippen LogP contribution in [0.3, 0.4) is 0 Å². The van der Waals surface area contributed by atoms with Gasteiger partial charge in [-0.2, -0.15) is 0 Å². The van der Waals surface area contributed by atoms with Crippen LogP contribution in [0.1, 0.15) is 246 Å². The van der Waals surface area contributed by atoms with Gasteiger partial charge in [0.15, 0.2) is 0 Å². The summed E-state index contributed by atoms with van der Waals surface area (Å²) < 4.78 is 11.6. The maximum Gasteiger partial charge on any atom is 0.306 e. The maximum atomic E-state index is 12.5. The fourth-order valence-electron chi connectivity index (χ4n) is 6.58. The summed E-state index contributed by atoms with van der Waals surface area (Å²) in [4.78, 5) is 25.0. The molecular weight excluding hydrogens is 568 g/mol. The summed E-state index contributed by atoms with van der Waals surface area (Å²) in [6.07, 6.45) is 41.1. The highest BCUT2D eigenvalue weighted by Crippen LogP contribution is 2.18. The second-order valence-corrected chi connectivity index (χ2v) is 14.3. The van der Waals surface area contributed by atoms with E-state index < -0.39 is 0 Å². The fourth-order valence-corrected chi connectivity index (χ4v) is 6.58. The molecule has 0 aromatic rings. The van der Waals surface area contributed by atoms with E-state index in [9.17, 15) is 9.59 Å². The molecule has 0 aliphatic carbocycles. The smallest absolute Gasteiger partial charge is 0.306 e. The van der Waals surface area contributed by atoms with Gasteiger partial charge in [0.1, 0.15) is 12.2 Å². The van der Waals surface area contributed by atoms with Crippen LogP contribution in [-0.4, -0.2) is 24.1 Å². The Morgan fingerprint density at radius 2 is 0.522 bits per heavy atom. The highest BCUT2D eigenvalue weighted by Gasteiger charge is 2.25. The molecule has 0 rings (SSSR count). The monoisotopic (exact) mass is 651 g/mol. The molecule has 0 saturated carbocycles. The van der Waals surface area contributed by atoms with Crippen LogP contribution in [0.4, 0.5) is 0 Å². The molecule has 0 radical (unpaired) electrons. The predicted molar refractivity (Wildman–Crippen MR) is 199 cm³/mol. The molecular formula is C42H82O4. The van der Waals surface area contributed by atoms with Crippen molar-refractivity contribution < 1.29 is 19.1 Å². The van der Waals surface area contributed by atoms with Crippen LogP contribution in [0, 0.1) is 0 Å². The van der Waals surface area contributed by atoms with E-state index in [1.54, 1.807) is 0 Å². The molecule has 274 valence electrons. The molecule has 4 nitrogen and oxygen atoms in total. The third-order valence-electron chi connectivity index (χ3n) is 9.75. The van der Waals surface area contributed by atoms with E-state index in [0.717, 1.165) is 25.7 Å². The molecule has 4 heteroatoms. The molecule has 0 spiro atoms. The molecule has 0 heterocycles. The topological polar surface area (TPSA) is 52.6 Å². The molecule has 46 heavy (non-hydrogen) atoms. The van der Waals surface area contributed by atoms with Gasteiger partial charge in [0.2, 0.25) is 0 Å². The van der Waals surface area contributed by atoms with Crippen LogP contribution in [0.2, 0.25) is 0 Å². The van der Waals surface area contributed by atoms with Gasteiger partial charge in [-0.05, 0) is 25.7 Å². The SMILES string of the molecule is CCCCCCCCCCCCCCCCCC(=O)OC(CC)C(CC)OC(=O)CCCCCCCCCCCCCCCCC. The molecule has 0 aromatic heterocycles. The first-order valence-corrected chi connectivity index (χ1v) is 21.0. The molecule has 0 saturated heterocycles. The first-order chi connectivity index (χ1) is 22.6. The second-order valence-electron chi connectivity index (χ2n) is 14.3.